The summed E-state index contributed by atoms with van der Waals surface area (Å²) in [5.74, 6) is 0.973. The lowest BCUT2D eigenvalue weighted by atomic mass is 9.75. The van der Waals surface area contributed by atoms with Crippen molar-refractivity contribution in [2.24, 2.45) is 11.8 Å². The van der Waals surface area contributed by atoms with Gasteiger partial charge in [-0.3, -0.25) is 0 Å². The maximum absolute atomic E-state index is 14.0. The third-order valence-electron chi connectivity index (χ3n) is 6.36. The number of aliphatic hydroxyl groups is 1. The van der Waals surface area contributed by atoms with E-state index in [1.54, 1.807) is 18.2 Å². The number of ether oxygens (including phenoxy) is 2. The Morgan fingerprint density at radius 3 is 2.34 bits per heavy atom. The molecule has 2 aliphatic rings. The van der Waals surface area contributed by atoms with Gasteiger partial charge in [-0.05, 0) is 45.2 Å². The second kappa shape index (κ2) is 10.4. The zero-order chi connectivity index (χ0) is 23.5. The van der Waals surface area contributed by atoms with Gasteiger partial charge in [0.1, 0.15) is 5.69 Å². The van der Waals surface area contributed by atoms with Crippen LogP contribution in [0.15, 0.2) is 22.7 Å². The molecule has 2 aromatic rings. The highest BCUT2D eigenvalue weighted by atomic mass is 35.5. The van der Waals surface area contributed by atoms with Gasteiger partial charge in [-0.1, -0.05) is 54.7 Å². The molecule has 0 amide bonds. The lowest BCUT2D eigenvalue weighted by molar-refractivity contribution is -0.242. The van der Waals surface area contributed by atoms with Crippen LogP contribution in [0, 0.1) is 11.8 Å². The Bertz CT molecular complexity index is 886. The maximum Gasteiger partial charge on any atom is 0.179 e. The van der Waals surface area contributed by atoms with Gasteiger partial charge in [-0.25, -0.2) is 4.39 Å². The van der Waals surface area contributed by atoms with Crippen molar-refractivity contribution in [1.82, 2.24) is 5.16 Å². The quantitative estimate of drug-likeness (QED) is 0.506. The lowest BCUT2D eigenvalue weighted by Crippen LogP contribution is -2.47. The molecule has 32 heavy (non-hydrogen) atoms. The molecule has 0 bridgehead atoms. The molecule has 1 aliphatic carbocycles. The standard InChI is InChI=1S/C13H12Cl2FNO2.C11H20O2/c1-13(2,16)12-7(6-18)11(17-19-12)10-8(14)4-3-5-9(10)15;1-3-10-6-4-5-9(2)11(10)12-7-8-13-11/h3-5,18H,6H2,1-2H3;9-10H,3-8H2,1-2H3. The number of aromatic nitrogens is 1. The summed E-state index contributed by atoms with van der Waals surface area (Å²) in [5, 5.41) is 14.0. The third-order valence-corrected chi connectivity index (χ3v) is 6.99. The van der Waals surface area contributed by atoms with E-state index in [2.05, 4.69) is 19.0 Å². The van der Waals surface area contributed by atoms with E-state index in [1.165, 1.54) is 39.5 Å². The fraction of sp³-hybridized carbons (Fsp3) is 0.625. The van der Waals surface area contributed by atoms with E-state index in [0.29, 0.717) is 27.4 Å². The van der Waals surface area contributed by atoms with Gasteiger partial charge in [0.2, 0.25) is 0 Å². The van der Waals surface area contributed by atoms with Crippen molar-refractivity contribution in [1.29, 1.82) is 0 Å². The minimum Gasteiger partial charge on any atom is -0.391 e. The minimum absolute atomic E-state index is 0.0269. The van der Waals surface area contributed by atoms with Crippen molar-refractivity contribution in [2.75, 3.05) is 13.2 Å². The van der Waals surface area contributed by atoms with Crippen molar-refractivity contribution in [2.45, 2.75) is 71.4 Å². The minimum atomic E-state index is -1.75. The SMILES string of the molecule is CC(C)(F)c1onc(-c2c(Cl)cccc2Cl)c1CO.CCC1CCCC(C)C12OCCO2. The first-order valence-electron chi connectivity index (χ1n) is 11.2. The first kappa shape index (κ1) is 25.4. The van der Waals surface area contributed by atoms with Crippen LogP contribution >= 0.6 is 23.2 Å². The molecule has 1 aromatic carbocycles. The second-order valence-electron chi connectivity index (χ2n) is 8.92. The Kier molecular flexibility index (Phi) is 8.26. The van der Waals surface area contributed by atoms with Crippen molar-refractivity contribution >= 4 is 23.2 Å². The summed E-state index contributed by atoms with van der Waals surface area (Å²) in [6, 6.07) is 4.96. The fourth-order valence-electron chi connectivity index (χ4n) is 4.77. The average Bonchev–Trinajstić information content (AvgIpc) is 3.39. The number of alkyl halides is 1. The van der Waals surface area contributed by atoms with E-state index in [0.717, 1.165) is 13.2 Å². The smallest absolute Gasteiger partial charge is 0.179 e. The van der Waals surface area contributed by atoms with Gasteiger partial charge in [0.15, 0.2) is 17.2 Å². The molecule has 8 heteroatoms. The predicted molar refractivity (Wildman–Crippen MR) is 123 cm³/mol. The van der Waals surface area contributed by atoms with Crippen LogP contribution in [0.5, 0.6) is 0 Å². The highest BCUT2D eigenvalue weighted by Gasteiger charge is 2.49. The van der Waals surface area contributed by atoms with Gasteiger partial charge in [0.25, 0.3) is 0 Å². The number of hydrogen-bond acceptors (Lipinski definition) is 5. The molecular formula is C24H32Cl2FNO4. The van der Waals surface area contributed by atoms with Crippen LogP contribution in [0.25, 0.3) is 11.3 Å². The van der Waals surface area contributed by atoms with E-state index in [-0.39, 0.29) is 22.8 Å². The predicted octanol–water partition coefficient (Wildman–Crippen LogP) is 6.92. The second-order valence-corrected chi connectivity index (χ2v) is 9.74. The van der Waals surface area contributed by atoms with E-state index in [4.69, 9.17) is 37.2 Å². The fourth-order valence-corrected chi connectivity index (χ4v) is 5.35. The zero-order valence-corrected chi connectivity index (χ0v) is 20.6. The Morgan fingerprint density at radius 1 is 1.19 bits per heavy atom. The Balaban J connectivity index is 0.000000193. The van der Waals surface area contributed by atoms with Crippen molar-refractivity contribution in [3.63, 3.8) is 0 Å². The third kappa shape index (κ3) is 5.00. The highest BCUT2D eigenvalue weighted by Crippen LogP contribution is 2.45. The Hall–Kier alpha value is -1.18. The lowest BCUT2D eigenvalue weighted by Gasteiger charge is -2.43. The summed E-state index contributed by atoms with van der Waals surface area (Å²) < 4.78 is 30.8. The Morgan fingerprint density at radius 2 is 1.81 bits per heavy atom. The van der Waals surface area contributed by atoms with Crippen molar-refractivity contribution < 1.29 is 23.5 Å². The van der Waals surface area contributed by atoms with E-state index < -0.39 is 12.3 Å². The van der Waals surface area contributed by atoms with Crippen LogP contribution in [0.3, 0.4) is 0 Å². The van der Waals surface area contributed by atoms with Crippen molar-refractivity contribution in [3.05, 3.63) is 39.6 Å². The molecule has 1 aliphatic heterocycles. The summed E-state index contributed by atoms with van der Waals surface area (Å²) in [6.07, 6.45) is 5.07. The first-order valence-corrected chi connectivity index (χ1v) is 11.9. The van der Waals surface area contributed by atoms with Crippen molar-refractivity contribution in [3.8, 4) is 11.3 Å². The highest BCUT2D eigenvalue weighted by molar-refractivity contribution is 6.39. The van der Waals surface area contributed by atoms with Crippen LogP contribution in [0.2, 0.25) is 10.0 Å². The molecular weight excluding hydrogens is 456 g/mol. The maximum atomic E-state index is 14.0. The van der Waals surface area contributed by atoms with Gasteiger partial charge in [-0.2, -0.15) is 0 Å². The van der Waals surface area contributed by atoms with E-state index in [9.17, 15) is 9.50 Å². The summed E-state index contributed by atoms with van der Waals surface area (Å²) >= 11 is 12.2. The van der Waals surface area contributed by atoms with Gasteiger partial charge in [0, 0.05) is 17.4 Å². The molecule has 1 saturated carbocycles. The molecule has 1 aromatic heterocycles. The number of nitrogens with zero attached hydrogens (tertiary/aromatic N) is 1. The average molecular weight is 488 g/mol. The number of hydrogen-bond donors (Lipinski definition) is 1. The largest absolute Gasteiger partial charge is 0.391 e. The molecule has 2 heterocycles. The van der Waals surface area contributed by atoms with Gasteiger partial charge in [0.05, 0.1) is 35.4 Å². The topological polar surface area (TPSA) is 64.7 Å². The number of aliphatic hydroxyl groups excluding tert-OH is 1. The summed E-state index contributed by atoms with van der Waals surface area (Å²) in [6.45, 7) is 8.34. The van der Waals surface area contributed by atoms with Crippen LogP contribution < -0.4 is 0 Å². The molecule has 2 atom stereocenters. The monoisotopic (exact) mass is 487 g/mol. The summed E-state index contributed by atoms with van der Waals surface area (Å²) in [7, 11) is 0. The van der Waals surface area contributed by atoms with Crippen LogP contribution in [-0.4, -0.2) is 29.3 Å². The number of rotatable bonds is 4. The summed E-state index contributed by atoms with van der Waals surface area (Å²) in [4.78, 5) is 0. The molecule has 1 saturated heterocycles. The molecule has 2 unspecified atom stereocenters. The van der Waals surface area contributed by atoms with E-state index in [1.807, 2.05) is 0 Å². The molecule has 1 spiro atoms. The first-order chi connectivity index (χ1) is 15.2. The molecule has 1 N–H and O–H groups in total. The van der Waals surface area contributed by atoms with Gasteiger partial charge < -0.3 is 19.1 Å². The summed E-state index contributed by atoms with van der Waals surface area (Å²) in [5.41, 5.74) is -0.813. The van der Waals surface area contributed by atoms with Crippen LogP contribution in [0.4, 0.5) is 4.39 Å². The molecule has 4 rings (SSSR count). The number of benzene rings is 1. The van der Waals surface area contributed by atoms with E-state index >= 15 is 0 Å². The molecule has 5 nitrogen and oxygen atoms in total. The molecule has 0 radical (unpaired) electrons. The van der Waals surface area contributed by atoms with Crippen LogP contribution in [-0.2, 0) is 21.7 Å². The van der Waals surface area contributed by atoms with Gasteiger partial charge in [-0.15, -0.1) is 0 Å². The normalized spacial score (nSPS) is 22.6. The molecule has 2 fully saturated rings. The number of halogens is 3. The van der Waals surface area contributed by atoms with Crippen LogP contribution in [0.1, 0.15) is 64.7 Å². The zero-order valence-electron chi connectivity index (χ0n) is 19.1. The molecule has 178 valence electrons. The Labute approximate surface area is 199 Å². The van der Waals surface area contributed by atoms with Gasteiger partial charge >= 0.3 is 0 Å².